The zero-order valence-corrected chi connectivity index (χ0v) is 15.1. The first-order valence-electron chi connectivity index (χ1n) is 7.75. The van der Waals surface area contributed by atoms with E-state index in [2.05, 4.69) is 36.2 Å². The standard InChI is InChI=1S/C16H15BrClN5O/c17-10-4-3-5-11(8-10)20-14-13-15(22-16(18)21-14)23(9-19-13)12-6-1-2-7-24-12/h3-5,8-9,12H,1-2,6-7H2,(H,20,21,22). The van der Waals surface area contributed by atoms with Crippen molar-refractivity contribution in [1.82, 2.24) is 19.5 Å². The number of halogens is 2. The van der Waals surface area contributed by atoms with Gasteiger partial charge >= 0.3 is 0 Å². The number of fused-ring (bicyclic) bond motifs is 1. The predicted octanol–water partition coefficient (Wildman–Crippen LogP) is 4.68. The van der Waals surface area contributed by atoms with Crippen molar-refractivity contribution in [2.24, 2.45) is 0 Å². The zero-order chi connectivity index (χ0) is 16.5. The predicted molar refractivity (Wildman–Crippen MR) is 96.6 cm³/mol. The van der Waals surface area contributed by atoms with Gasteiger partial charge in [-0.1, -0.05) is 22.0 Å². The number of imidazole rings is 1. The maximum absolute atomic E-state index is 6.14. The molecular formula is C16H15BrClN5O. The van der Waals surface area contributed by atoms with E-state index in [-0.39, 0.29) is 11.5 Å². The molecule has 4 rings (SSSR count). The number of hydrogen-bond donors (Lipinski definition) is 1. The average molecular weight is 409 g/mol. The Bertz CT molecular complexity index is 878. The molecule has 0 radical (unpaired) electrons. The van der Waals surface area contributed by atoms with Gasteiger partial charge in [0.2, 0.25) is 5.28 Å². The van der Waals surface area contributed by atoms with Crippen LogP contribution in [0.15, 0.2) is 35.1 Å². The molecule has 0 bridgehead atoms. The summed E-state index contributed by atoms with van der Waals surface area (Å²) in [4.78, 5) is 13.1. The van der Waals surface area contributed by atoms with E-state index in [1.54, 1.807) is 6.33 Å². The maximum atomic E-state index is 6.14. The van der Waals surface area contributed by atoms with Crippen LogP contribution in [0.25, 0.3) is 11.2 Å². The van der Waals surface area contributed by atoms with Crippen LogP contribution in [0.5, 0.6) is 0 Å². The van der Waals surface area contributed by atoms with Crippen LogP contribution in [0.3, 0.4) is 0 Å². The van der Waals surface area contributed by atoms with Gasteiger partial charge in [0, 0.05) is 16.8 Å². The fourth-order valence-electron chi connectivity index (χ4n) is 2.83. The van der Waals surface area contributed by atoms with Gasteiger partial charge in [0.1, 0.15) is 6.23 Å². The lowest BCUT2D eigenvalue weighted by molar-refractivity contribution is -0.0298. The number of rotatable bonds is 3. The van der Waals surface area contributed by atoms with Crippen LogP contribution < -0.4 is 5.32 Å². The van der Waals surface area contributed by atoms with Crippen molar-refractivity contribution in [2.45, 2.75) is 25.5 Å². The summed E-state index contributed by atoms with van der Waals surface area (Å²) >= 11 is 9.60. The van der Waals surface area contributed by atoms with E-state index < -0.39 is 0 Å². The number of anilines is 2. The highest BCUT2D eigenvalue weighted by Gasteiger charge is 2.21. The summed E-state index contributed by atoms with van der Waals surface area (Å²) in [6, 6.07) is 7.82. The summed E-state index contributed by atoms with van der Waals surface area (Å²) < 4.78 is 8.75. The van der Waals surface area contributed by atoms with E-state index in [1.807, 2.05) is 28.8 Å². The largest absolute Gasteiger partial charge is 0.358 e. The highest BCUT2D eigenvalue weighted by molar-refractivity contribution is 9.10. The van der Waals surface area contributed by atoms with Gasteiger partial charge in [-0.2, -0.15) is 9.97 Å². The van der Waals surface area contributed by atoms with Crippen molar-refractivity contribution >= 4 is 50.2 Å². The molecule has 3 aromatic rings. The first-order valence-corrected chi connectivity index (χ1v) is 8.92. The van der Waals surface area contributed by atoms with Crippen molar-refractivity contribution in [3.05, 3.63) is 40.3 Å². The van der Waals surface area contributed by atoms with E-state index in [0.29, 0.717) is 17.0 Å². The Morgan fingerprint density at radius 2 is 2.21 bits per heavy atom. The Kier molecular flexibility index (Phi) is 4.39. The van der Waals surface area contributed by atoms with Gasteiger partial charge < -0.3 is 10.1 Å². The molecule has 0 aliphatic carbocycles. The molecule has 1 aliphatic rings. The van der Waals surface area contributed by atoms with E-state index in [4.69, 9.17) is 16.3 Å². The second-order valence-corrected chi connectivity index (χ2v) is 6.88. The molecule has 1 fully saturated rings. The van der Waals surface area contributed by atoms with Gasteiger partial charge in [-0.15, -0.1) is 0 Å². The molecule has 3 heterocycles. The third-order valence-electron chi connectivity index (χ3n) is 3.95. The molecule has 1 unspecified atom stereocenters. The second kappa shape index (κ2) is 6.66. The number of benzene rings is 1. The third kappa shape index (κ3) is 3.11. The minimum atomic E-state index is -0.0477. The smallest absolute Gasteiger partial charge is 0.226 e. The monoisotopic (exact) mass is 407 g/mol. The Hall–Kier alpha value is -1.70. The molecule has 0 spiro atoms. The summed E-state index contributed by atoms with van der Waals surface area (Å²) in [5.41, 5.74) is 2.25. The number of aromatic nitrogens is 4. The van der Waals surface area contributed by atoms with Crippen LogP contribution in [0.1, 0.15) is 25.5 Å². The third-order valence-corrected chi connectivity index (χ3v) is 4.61. The molecule has 2 aromatic heterocycles. The second-order valence-electron chi connectivity index (χ2n) is 5.62. The topological polar surface area (TPSA) is 64.9 Å². The van der Waals surface area contributed by atoms with Crippen molar-refractivity contribution in [3.63, 3.8) is 0 Å². The number of hydrogen-bond acceptors (Lipinski definition) is 5. The molecule has 124 valence electrons. The van der Waals surface area contributed by atoms with E-state index in [0.717, 1.165) is 36.0 Å². The summed E-state index contributed by atoms with van der Waals surface area (Å²) in [7, 11) is 0. The average Bonchev–Trinajstić information content (AvgIpc) is 2.99. The quantitative estimate of drug-likeness (QED) is 0.637. The van der Waals surface area contributed by atoms with Crippen LogP contribution in [0, 0.1) is 0 Å². The highest BCUT2D eigenvalue weighted by atomic mass is 79.9. The summed E-state index contributed by atoms with van der Waals surface area (Å²) in [5.74, 6) is 0.581. The Morgan fingerprint density at radius 3 is 3.00 bits per heavy atom. The molecule has 1 aromatic carbocycles. The van der Waals surface area contributed by atoms with Crippen LogP contribution in [-0.2, 0) is 4.74 Å². The molecule has 6 nitrogen and oxygen atoms in total. The first kappa shape index (κ1) is 15.8. The van der Waals surface area contributed by atoms with Gasteiger partial charge in [-0.25, -0.2) is 4.98 Å². The molecule has 1 atom stereocenters. The van der Waals surface area contributed by atoms with Crippen molar-refractivity contribution < 1.29 is 4.74 Å². The Labute approximate surface area is 152 Å². The first-order chi connectivity index (χ1) is 11.7. The van der Waals surface area contributed by atoms with Gasteiger partial charge in [0.25, 0.3) is 0 Å². The van der Waals surface area contributed by atoms with Gasteiger partial charge in [0.05, 0.1) is 6.33 Å². The fraction of sp³-hybridized carbons (Fsp3) is 0.312. The van der Waals surface area contributed by atoms with Gasteiger partial charge in [-0.05, 0) is 49.1 Å². The summed E-state index contributed by atoms with van der Waals surface area (Å²) in [5, 5.41) is 3.44. The van der Waals surface area contributed by atoms with Crippen LogP contribution in [-0.4, -0.2) is 26.1 Å². The van der Waals surface area contributed by atoms with E-state index in [1.165, 1.54) is 0 Å². The minimum Gasteiger partial charge on any atom is -0.358 e. The van der Waals surface area contributed by atoms with Gasteiger partial charge in [-0.3, -0.25) is 4.57 Å². The SMILES string of the molecule is Clc1nc(Nc2cccc(Br)c2)c2ncn(C3CCCCO3)c2n1. The molecule has 0 saturated carbocycles. The Balaban J connectivity index is 1.74. The van der Waals surface area contributed by atoms with E-state index in [9.17, 15) is 0 Å². The van der Waals surface area contributed by atoms with Gasteiger partial charge in [0.15, 0.2) is 17.0 Å². The van der Waals surface area contributed by atoms with Crippen LogP contribution in [0.4, 0.5) is 11.5 Å². The molecular weight excluding hydrogens is 394 g/mol. The maximum Gasteiger partial charge on any atom is 0.226 e. The molecule has 0 amide bonds. The number of ether oxygens (including phenoxy) is 1. The number of nitrogens with zero attached hydrogens (tertiary/aromatic N) is 4. The lowest BCUT2D eigenvalue weighted by Gasteiger charge is -2.23. The molecule has 1 N–H and O–H groups in total. The lowest BCUT2D eigenvalue weighted by atomic mass is 10.2. The molecule has 24 heavy (non-hydrogen) atoms. The van der Waals surface area contributed by atoms with Crippen molar-refractivity contribution in [2.75, 3.05) is 11.9 Å². The van der Waals surface area contributed by atoms with E-state index >= 15 is 0 Å². The van der Waals surface area contributed by atoms with Crippen LogP contribution in [0.2, 0.25) is 5.28 Å². The normalized spacial score (nSPS) is 18.0. The number of nitrogens with one attached hydrogen (secondary N) is 1. The molecule has 8 heteroatoms. The summed E-state index contributed by atoms with van der Waals surface area (Å²) in [6.45, 7) is 0.756. The molecule has 1 saturated heterocycles. The molecule has 1 aliphatic heterocycles. The minimum absolute atomic E-state index is 0.0477. The highest BCUT2D eigenvalue weighted by Crippen LogP contribution is 2.30. The lowest BCUT2D eigenvalue weighted by Crippen LogP contribution is -2.17. The van der Waals surface area contributed by atoms with Crippen molar-refractivity contribution in [3.8, 4) is 0 Å². The zero-order valence-electron chi connectivity index (χ0n) is 12.7. The Morgan fingerprint density at radius 1 is 1.29 bits per heavy atom. The van der Waals surface area contributed by atoms with Crippen molar-refractivity contribution in [1.29, 1.82) is 0 Å². The van der Waals surface area contributed by atoms with Crippen LogP contribution >= 0.6 is 27.5 Å². The summed E-state index contributed by atoms with van der Waals surface area (Å²) in [6.07, 6.45) is 4.87. The fourth-order valence-corrected chi connectivity index (χ4v) is 3.40.